The van der Waals surface area contributed by atoms with Crippen molar-refractivity contribution >= 4 is 11.6 Å². The lowest BCUT2D eigenvalue weighted by Crippen LogP contribution is -2.56. The minimum atomic E-state index is -0.914. The Morgan fingerprint density at radius 2 is 2.18 bits per heavy atom. The van der Waals surface area contributed by atoms with Crippen molar-refractivity contribution in [1.82, 2.24) is 10.6 Å². The number of benzene rings is 1. The topological polar surface area (TPSA) is 62.7 Å². The fourth-order valence-electron chi connectivity index (χ4n) is 3.01. The van der Waals surface area contributed by atoms with E-state index in [4.69, 9.17) is 4.84 Å². The molecule has 1 amide bonds. The molecule has 3 atom stereocenters. The van der Waals surface area contributed by atoms with Gasteiger partial charge in [-0.1, -0.05) is 35.5 Å². The summed E-state index contributed by atoms with van der Waals surface area (Å²) >= 11 is 0. The van der Waals surface area contributed by atoms with E-state index in [0.717, 1.165) is 30.7 Å². The monoisotopic (exact) mass is 301 g/mol. The highest BCUT2D eigenvalue weighted by molar-refractivity contribution is 6.05. The number of nitrogens with zero attached hydrogens (tertiary/aromatic N) is 1. The predicted molar refractivity (Wildman–Crippen MR) is 85.7 cm³/mol. The number of carbonyl (C=O) groups excluding carboxylic acids is 1. The van der Waals surface area contributed by atoms with Crippen molar-refractivity contribution in [2.75, 3.05) is 6.54 Å². The zero-order chi connectivity index (χ0) is 15.6. The summed E-state index contributed by atoms with van der Waals surface area (Å²) in [5.41, 5.74) is 0.919. The van der Waals surface area contributed by atoms with E-state index >= 15 is 0 Å². The molecule has 1 fully saturated rings. The summed E-state index contributed by atoms with van der Waals surface area (Å²) < 4.78 is 0. The third kappa shape index (κ3) is 2.99. The molecule has 3 rings (SSSR count). The quantitative estimate of drug-likeness (QED) is 0.895. The van der Waals surface area contributed by atoms with Crippen LogP contribution >= 0.6 is 0 Å². The van der Waals surface area contributed by atoms with Crippen molar-refractivity contribution in [3.8, 4) is 0 Å². The Hall–Kier alpha value is -1.88. The molecular formula is C17H23N3O2. The smallest absolute Gasteiger partial charge is 0.267 e. The molecule has 5 heteroatoms. The zero-order valence-electron chi connectivity index (χ0n) is 13.1. The fourth-order valence-corrected chi connectivity index (χ4v) is 3.01. The third-order valence-electron chi connectivity index (χ3n) is 4.53. The lowest BCUT2D eigenvalue weighted by atomic mass is 9.93. The van der Waals surface area contributed by atoms with Crippen LogP contribution in [0, 0.1) is 0 Å². The van der Waals surface area contributed by atoms with Crippen molar-refractivity contribution in [3.63, 3.8) is 0 Å². The van der Waals surface area contributed by atoms with Gasteiger partial charge >= 0.3 is 0 Å². The molecule has 1 aromatic rings. The van der Waals surface area contributed by atoms with Crippen LogP contribution in [0.15, 0.2) is 35.5 Å². The second kappa shape index (κ2) is 6.08. The molecule has 1 saturated heterocycles. The summed E-state index contributed by atoms with van der Waals surface area (Å²) in [6, 6.07) is 10.3. The Kier molecular flexibility index (Phi) is 4.16. The number of carbonyl (C=O) groups is 1. The minimum Gasteiger partial charge on any atom is -0.379 e. The molecule has 0 bridgehead atoms. The van der Waals surface area contributed by atoms with Gasteiger partial charge in [-0.3, -0.25) is 4.79 Å². The molecule has 0 aromatic heterocycles. The molecule has 2 N–H and O–H groups in total. The van der Waals surface area contributed by atoms with E-state index in [0.29, 0.717) is 6.42 Å². The van der Waals surface area contributed by atoms with Crippen molar-refractivity contribution in [2.45, 2.75) is 50.8 Å². The van der Waals surface area contributed by atoms with Gasteiger partial charge in [-0.25, -0.2) is 0 Å². The van der Waals surface area contributed by atoms with Crippen molar-refractivity contribution in [1.29, 1.82) is 0 Å². The maximum absolute atomic E-state index is 12.6. The summed E-state index contributed by atoms with van der Waals surface area (Å²) in [6.45, 7) is 4.93. The van der Waals surface area contributed by atoms with Crippen LogP contribution in [-0.2, 0) is 9.63 Å². The Labute approximate surface area is 131 Å². The molecule has 5 nitrogen and oxygen atoms in total. The van der Waals surface area contributed by atoms with Crippen LogP contribution in [0.1, 0.15) is 38.7 Å². The van der Waals surface area contributed by atoms with E-state index < -0.39 is 5.60 Å². The van der Waals surface area contributed by atoms with Gasteiger partial charge in [0.05, 0.1) is 5.71 Å². The van der Waals surface area contributed by atoms with Crippen LogP contribution in [0.2, 0.25) is 0 Å². The lowest BCUT2D eigenvalue weighted by Gasteiger charge is -2.32. The number of amides is 1. The Bertz CT molecular complexity index is 573. The first-order valence-electron chi connectivity index (χ1n) is 7.93. The van der Waals surface area contributed by atoms with E-state index in [2.05, 4.69) is 22.7 Å². The van der Waals surface area contributed by atoms with Crippen LogP contribution < -0.4 is 10.6 Å². The van der Waals surface area contributed by atoms with Gasteiger partial charge < -0.3 is 15.5 Å². The van der Waals surface area contributed by atoms with Gasteiger partial charge in [0.1, 0.15) is 0 Å². The molecule has 2 heterocycles. The van der Waals surface area contributed by atoms with Crippen LogP contribution in [-0.4, -0.2) is 35.8 Å². The summed E-state index contributed by atoms with van der Waals surface area (Å²) in [5, 5.41) is 10.6. The molecule has 2 aliphatic heterocycles. The molecule has 2 aliphatic rings. The number of nitrogens with one attached hydrogen (secondary N) is 2. The molecule has 1 aromatic carbocycles. The van der Waals surface area contributed by atoms with Gasteiger partial charge in [-0.15, -0.1) is 0 Å². The first kappa shape index (κ1) is 15.0. The average molecular weight is 301 g/mol. The van der Waals surface area contributed by atoms with E-state index in [1.807, 2.05) is 37.3 Å². The third-order valence-corrected chi connectivity index (χ3v) is 4.53. The number of hydrogen-bond donors (Lipinski definition) is 2. The number of piperidine rings is 1. The van der Waals surface area contributed by atoms with Gasteiger partial charge in [0, 0.05) is 18.5 Å². The fraction of sp³-hybridized carbons (Fsp3) is 0.529. The second-order valence-corrected chi connectivity index (χ2v) is 6.37. The number of oxime groups is 1. The molecule has 0 spiro atoms. The van der Waals surface area contributed by atoms with Gasteiger partial charge in [0.2, 0.25) is 5.60 Å². The van der Waals surface area contributed by atoms with E-state index in [1.165, 1.54) is 0 Å². The Morgan fingerprint density at radius 1 is 1.41 bits per heavy atom. The highest BCUT2D eigenvalue weighted by atomic mass is 16.7. The molecule has 0 saturated carbocycles. The SMILES string of the molecule is C[C@@H]1NCCC[C@@H]1NC(=O)C1(C)CC(c2ccccc2)=NO1. The van der Waals surface area contributed by atoms with Crippen LogP contribution in [0.25, 0.3) is 0 Å². The number of rotatable bonds is 3. The molecule has 1 unspecified atom stereocenters. The van der Waals surface area contributed by atoms with E-state index in [9.17, 15) is 4.79 Å². The maximum atomic E-state index is 12.6. The summed E-state index contributed by atoms with van der Waals surface area (Å²) in [5.74, 6) is -0.0808. The first-order chi connectivity index (χ1) is 10.6. The molecule has 0 aliphatic carbocycles. The van der Waals surface area contributed by atoms with Gasteiger partial charge in [0.25, 0.3) is 5.91 Å². The highest BCUT2D eigenvalue weighted by Crippen LogP contribution is 2.27. The minimum absolute atomic E-state index is 0.0808. The van der Waals surface area contributed by atoms with Gasteiger partial charge in [0.15, 0.2) is 0 Å². The van der Waals surface area contributed by atoms with Crippen LogP contribution in [0.5, 0.6) is 0 Å². The summed E-state index contributed by atoms with van der Waals surface area (Å²) in [7, 11) is 0. The maximum Gasteiger partial charge on any atom is 0.267 e. The van der Waals surface area contributed by atoms with Crippen LogP contribution in [0.4, 0.5) is 0 Å². The average Bonchev–Trinajstić information content (AvgIpc) is 2.94. The van der Waals surface area contributed by atoms with E-state index in [-0.39, 0.29) is 18.0 Å². The lowest BCUT2D eigenvalue weighted by molar-refractivity contribution is -0.142. The van der Waals surface area contributed by atoms with Crippen molar-refractivity contribution in [2.24, 2.45) is 5.16 Å². The Morgan fingerprint density at radius 3 is 2.91 bits per heavy atom. The standard InChI is InChI=1S/C17H23N3O2/c1-12-14(9-6-10-18-12)19-16(21)17(2)11-15(20-22-17)13-7-4-3-5-8-13/h3-5,7-8,12,14,18H,6,9-11H2,1-2H3,(H,19,21)/t12-,14-,17?/m0/s1. The summed E-state index contributed by atoms with van der Waals surface area (Å²) in [4.78, 5) is 18.1. The molecule has 118 valence electrons. The molecule has 0 radical (unpaired) electrons. The summed E-state index contributed by atoms with van der Waals surface area (Å²) in [6.07, 6.45) is 2.58. The largest absolute Gasteiger partial charge is 0.379 e. The van der Waals surface area contributed by atoms with E-state index in [1.54, 1.807) is 0 Å². The highest BCUT2D eigenvalue weighted by Gasteiger charge is 2.43. The predicted octanol–water partition coefficient (Wildman–Crippen LogP) is 1.83. The van der Waals surface area contributed by atoms with Crippen LogP contribution in [0.3, 0.4) is 0 Å². The van der Waals surface area contributed by atoms with Gasteiger partial charge in [-0.2, -0.15) is 0 Å². The molecular weight excluding hydrogens is 278 g/mol. The zero-order valence-corrected chi connectivity index (χ0v) is 13.1. The second-order valence-electron chi connectivity index (χ2n) is 6.37. The van der Waals surface area contributed by atoms with Gasteiger partial charge in [-0.05, 0) is 38.8 Å². The van der Waals surface area contributed by atoms with Crippen molar-refractivity contribution in [3.05, 3.63) is 35.9 Å². The Balaban J connectivity index is 1.64. The van der Waals surface area contributed by atoms with Crippen molar-refractivity contribution < 1.29 is 9.63 Å². The first-order valence-corrected chi connectivity index (χ1v) is 7.93. The normalized spacial score (nSPS) is 31.3. The molecule has 22 heavy (non-hydrogen) atoms. The number of hydrogen-bond acceptors (Lipinski definition) is 4.